The zero-order valence-corrected chi connectivity index (χ0v) is 18.3. The van der Waals surface area contributed by atoms with E-state index in [1.54, 1.807) is 18.3 Å². The molecule has 1 saturated heterocycles. The highest BCUT2D eigenvalue weighted by Gasteiger charge is 2.28. The molecule has 0 spiro atoms. The number of aromatic nitrogens is 2. The lowest BCUT2D eigenvalue weighted by molar-refractivity contribution is 0.0843. The molecule has 4 N–H and O–H groups in total. The Morgan fingerprint density at radius 1 is 1.27 bits per heavy atom. The lowest BCUT2D eigenvalue weighted by Crippen LogP contribution is -2.27. The highest BCUT2D eigenvalue weighted by atomic mass is 19.1. The fourth-order valence-electron chi connectivity index (χ4n) is 4.12. The summed E-state index contributed by atoms with van der Waals surface area (Å²) in [6, 6.07) is 3.30. The van der Waals surface area contributed by atoms with Crippen LogP contribution in [-0.2, 0) is 9.47 Å². The summed E-state index contributed by atoms with van der Waals surface area (Å²) in [6.45, 7) is 5.92. The summed E-state index contributed by atoms with van der Waals surface area (Å²) in [5, 5.41) is 6.94. The van der Waals surface area contributed by atoms with Gasteiger partial charge in [-0.1, -0.05) is 6.92 Å². The number of carbonyl (C=O) groups is 1. The first-order chi connectivity index (χ1) is 15.9. The number of benzene rings is 1. The summed E-state index contributed by atoms with van der Waals surface area (Å²) >= 11 is 0. The number of carbonyl (C=O) groups excluding carboxylic acids is 1. The maximum Gasteiger partial charge on any atom is 0.413 e. The van der Waals surface area contributed by atoms with Crippen LogP contribution in [0.1, 0.15) is 12.5 Å². The van der Waals surface area contributed by atoms with Gasteiger partial charge in [0.2, 0.25) is 5.88 Å². The number of fused-ring (bicyclic) bond motifs is 2. The van der Waals surface area contributed by atoms with Gasteiger partial charge in [-0.15, -0.1) is 0 Å². The van der Waals surface area contributed by atoms with Gasteiger partial charge >= 0.3 is 6.09 Å². The minimum absolute atomic E-state index is 0.0256. The Morgan fingerprint density at radius 2 is 2.12 bits per heavy atom. The molecule has 172 valence electrons. The van der Waals surface area contributed by atoms with E-state index in [0.717, 1.165) is 11.3 Å². The number of hydrogen-bond donors (Lipinski definition) is 3. The Kier molecular flexibility index (Phi) is 5.37. The number of hydrogen-bond acceptors (Lipinski definition) is 8. The van der Waals surface area contributed by atoms with Crippen molar-refractivity contribution in [3.05, 3.63) is 35.9 Å². The average Bonchev–Trinajstić information content (AvgIpc) is 3.21. The molecule has 2 aromatic heterocycles. The van der Waals surface area contributed by atoms with Crippen LogP contribution in [0.4, 0.5) is 26.4 Å². The van der Waals surface area contributed by atoms with Gasteiger partial charge in [-0.3, -0.25) is 5.32 Å². The quantitative estimate of drug-likeness (QED) is 0.513. The lowest BCUT2D eigenvalue weighted by Gasteiger charge is -2.22. The number of nitrogen functional groups attached to an aromatic ring is 1. The van der Waals surface area contributed by atoms with Crippen LogP contribution in [0.2, 0.25) is 0 Å². The topological polar surface area (TPSA) is 121 Å². The van der Waals surface area contributed by atoms with E-state index in [-0.39, 0.29) is 23.5 Å². The molecule has 0 saturated carbocycles. The van der Waals surface area contributed by atoms with Gasteiger partial charge in [0.25, 0.3) is 0 Å². The van der Waals surface area contributed by atoms with E-state index >= 15 is 4.39 Å². The van der Waals surface area contributed by atoms with Crippen LogP contribution in [0.25, 0.3) is 21.9 Å². The van der Waals surface area contributed by atoms with Gasteiger partial charge < -0.3 is 25.3 Å². The van der Waals surface area contributed by atoms with Crippen molar-refractivity contribution in [2.75, 3.05) is 42.7 Å². The molecule has 33 heavy (non-hydrogen) atoms. The van der Waals surface area contributed by atoms with Crippen molar-refractivity contribution in [1.29, 1.82) is 0 Å². The van der Waals surface area contributed by atoms with E-state index in [1.165, 1.54) is 6.20 Å². The second kappa shape index (κ2) is 8.36. The van der Waals surface area contributed by atoms with Gasteiger partial charge in [0.1, 0.15) is 24.2 Å². The summed E-state index contributed by atoms with van der Waals surface area (Å²) in [6.07, 6.45) is 2.08. The monoisotopic (exact) mass is 453 g/mol. The van der Waals surface area contributed by atoms with Crippen LogP contribution in [0.15, 0.2) is 24.5 Å². The van der Waals surface area contributed by atoms with Gasteiger partial charge in [0.05, 0.1) is 18.9 Å². The summed E-state index contributed by atoms with van der Waals surface area (Å²) in [4.78, 5) is 20.8. The largest absolute Gasteiger partial charge is 0.474 e. The molecule has 10 heteroatoms. The van der Waals surface area contributed by atoms with E-state index in [9.17, 15) is 4.79 Å². The van der Waals surface area contributed by atoms with Crippen molar-refractivity contribution in [2.45, 2.75) is 20.0 Å². The Hall–Kier alpha value is -3.66. The molecular formula is C23H24FN5O4. The highest BCUT2D eigenvalue weighted by Crippen LogP contribution is 2.39. The zero-order valence-electron chi connectivity index (χ0n) is 18.3. The minimum atomic E-state index is -0.625. The van der Waals surface area contributed by atoms with Crippen LogP contribution in [0.5, 0.6) is 5.88 Å². The standard InChI is InChI=1S/C23H24FN5O4/c1-11-9-31-10-17(11)33-23(30)29-18-6-13-5-14(19(24)20(25)16(13)8-27-18)15-7-28-22-21(12(15)2)26-3-4-32-22/h5-8,11,17,26H,3-4,9-10,25H2,1-2H3,(H,27,29,30)/t11-,17+/m1/s1. The van der Waals surface area contributed by atoms with E-state index in [4.69, 9.17) is 19.9 Å². The maximum absolute atomic E-state index is 15.3. The van der Waals surface area contributed by atoms with E-state index in [1.807, 2.05) is 13.8 Å². The number of halogens is 1. The molecule has 3 aromatic rings. The third-order valence-electron chi connectivity index (χ3n) is 6.02. The smallest absolute Gasteiger partial charge is 0.413 e. The predicted molar refractivity (Wildman–Crippen MR) is 122 cm³/mol. The molecule has 0 bridgehead atoms. The first-order valence-electron chi connectivity index (χ1n) is 10.7. The van der Waals surface area contributed by atoms with Crippen LogP contribution < -0.4 is 21.1 Å². The van der Waals surface area contributed by atoms with Gasteiger partial charge in [-0.05, 0) is 30.0 Å². The van der Waals surface area contributed by atoms with Gasteiger partial charge in [-0.2, -0.15) is 0 Å². The average molecular weight is 453 g/mol. The number of rotatable bonds is 3. The highest BCUT2D eigenvalue weighted by molar-refractivity contribution is 5.99. The SMILES string of the molecule is Cc1c(-c2cc3cc(NC(=O)O[C@H]4COC[C@H]4C)ncc3c(N)c2F)cnc2c1NCCO2. The third-order valence-corrected chi connectivity index (χ3v) is 6.02. The number of amides is 1. The first kappa shape index (κ1) is 21.2. The second-order valence-electron chi connectivity index (χ2n) is 8.28. The third kappa shape index (κ3) is 3.86. The Balaban J connectivity index is 1.48. The molecule has 2 aliphatic rings. The Bertz CT molecular complexity index is 1250. The number of anilines is 3. The molecule has 1 amide bonds. The number of nitrogens with two attached hydrogens (primary N) is 1. The fraction of sp³-hybridized carbons (Fsp3) is 0.348. The molecule has 0 unspecified atom stereocenters. The summed E-state index contributed by atoms with van der Waals surface area (Å²) < 4.78 is 31.6. The molecule has 0 aliphatic carbocycles. The van der Waals surface area contributed by atoms with Gasteiger partial charge in [0.15, 0.2) is 5.82 Å². The molecule has 9 nitrogen and oxygen atoms in total. The van der Waals surface area contributed by atoms with Crippen molar-refractivity contribution in [3.8, 4) is 17.0 Å². The lowest BCUT2D eigenvalue weighted by atomic mass is 9.97. The van der Waals surface area contributed by atoms with Gasteiger partial charge in [0, 0.05) is 41.4 Å². The van der Waals surface area contributed by atoms with Crippen molar-refractivity contribution in [3.63, 3.8) is 0 Å². The van der Waals surface area contributed by atoms with Crippen LogP contribution in [0, 0.1) is 18.7 Å². The molecule has 5 rings (SSSR count). The van der Waals surface area contributed by atoms with Crippen molar-refractivity contribution < 1.29 is 23.4 Å². The van der Waals surface area contributed by atoms with Crippen molar-refractivity contribution in [2.24, 2.45) is 5.92 Å². The van der Waals surface area contributed by atoms with Crippen LogP contribution in [-0.4, -0.2) is 48.5 Å². The number of nitrogens with zero attached hydrogens (tertiary/aromatic N) is 2. The number of pyridine rings is 2. The molecule has 1 aromatic carbocycles. The summed E-state index contributed by atoms with van der Waals surface area (Å²) in [5.74, 6) is 0.333. The molecule has 2 aliphatic heterocycles. The second-order valence-corrected chi connectivity index (χ2v) is 8.28. The molecule has 0 radical (unpaired) electrons. The van der Waals surface area contributed by atoms with Crippen LogP contribution >= 0.6 is 0 Å². The molecule has 4 heterocycles. The first-order valence-corrected chi connectivity index (χ1v) is 10.7. The maximum atomic E-state index is 15.3. The van der Waals surface area contributed by atoms with Crippen molar-refractivity contribution >= 4 is 34.1 Å². The molecule has 1 fully saturated rings. The normalized spacial score (nSPS) is 19.5. The van der Waals surface area contributed by atoms with Gasteiger partial charge in [-0.25, -0.2) is 19.2 Å². The fourth-order valence-corrected chi connectivity index (χ4v) is 4.12. The Labute approximate surface area is 189 Å². The van der Waals surface area contributed by atoms with E-state index < -0.39 is 11.9 Å². The van der Waals surface area contributed by atoms with Crippen LogP contribution in [0.3, 0.4) is 0 Å². The predicted octanol–water partition coefficient (Wildman–Crippen LogP) is 3.71. The summed E-state index contributed by atoms with van der Waals surface area (Å²) in [5.41, 5.74) is 8.54. The summed E-state index contributed by atoms with van der Waals surface area (Å²) in [7, 11) is 0. The Morgan fingerprint density at radius 3 is 2.91 bits per heavy atom. The van der Waals surface area contributed by atoms with E-state index in [0.29, 0.717) is 54.1 Å². The number of ether oxygens (including phenoxy) is 3. The molecular weight excluding hydrogens is 429 g/mol. The van der Waals surface area contributed by atoms with E-state index in [2.05, 4.69) is 20.6 Å². The minimum Gasteiger partial charge on any atom is -0.474 e. The van der Waals surface area contributed by atoms with Crippen molar-refractivity contribution in [1.82, 2.24) is 9.97 Å². The molecule has 2 atom stereocenters. The number of nitrogens with one attached hydrogen (secondary N) is 2. The zero-order chi connectivity index (χ0) is 23.1.